The Morgan fingerprint density at radius 1 is 1.38 bits per heavy atom. The van der Waals surface area contributed by atoms with Gasteiger partial charge < -0.3 is 4.98 Å². The number of hydrogen-bond donors (Lipinski definition) is 1. The molecule has 0 bridgehead atoms. The summed E-state index contributed by atoms with van der Waals surface area (Å²) in [6, 6.07) is 8.89. The molecule has 2 aromatic rings. The second-order valence-corrected chi connectivity index (χ2v) is 9.25. The van der Waals surface area contributed by atoms with Gasteiger partial charge in [0.05, 0.1) is 16.5 Å². The van der Waals surface area contributed by atoms with Crippen LogP contribution < -0.4 is 5.45 Å². The molecular weight excluding hydrogens is 176 g/mol. The van der Waals surface area contributed by atoms with Gasteiger partial charge in [0.1, 0.15) is 8.07 Å². The van der Waals surface area contributed by atoms with Crippen molar-refractivity contribution in [2.75, 3.05) is 0 Å². The van der Waals surface area contributed by atoms with Gasteiger partial charge in [-0.1, -0.05) is 25.7 Å². The summed E-state index contributed by atoms with van der Waals surface area (Å²) < 4.78 is 0. The lowest BCUT2D eigenvalue weighted by atomic mass is 10.3. The maximum absolute atomic E-state index is 4.57. The molecule has 0 saturated heterocycles. The van der Waals surface area contributed by atoms with Crippen LogP contribution >= 0.6 is 0 Å². The minimum Gasteiger partial charge on any atom is -0.346 e. The Morgan fingerprint density at radius 3 is 2.77 bits per heavy atom. The van der Waals surface area contributed by atoms with Gasteiger partial charge in [-0.25, -0.2) is 4.98 Å². The van der Waals surface area contributed by atoms with Crippen molar-refractivity contribution >= 4 is 24.6 Å². The van der Waals surface area contributed by atoms with E-state index in [1.54, 1.807) is 0 Å². The third kappa shape index (κ3) is 1.51. The number of hydrogen-bond acceptors (Lipinski definition) is 1. The predicted octanol–water partition coefficient (Wildman–Crippen LogP) is 1.91. The molecule has 67 valence electrons. The molecule has 1 heterocycles. The van der Waals surface area contributed by atoms with Crippen molar-refractivity contribution in [2.24, 2.45) is 0 Å². The van der Waals surface area contributed by atoms with Gasteiger partial charge in [0.25, 0.3) is 0 Å². The average molecular weight is 189 g/mol. The zero-order valence-corrected chi connectivity index (χ0v) is 9.18. The summed E-state index contributed by atoms with van der Waals surface area (Å²) in [4.78, 5) is 7.93. The van der Waals surface area contributed by atoms with Gasteiger partial charge in [0, 0.05) is 0 Å². The fourth-order valence-corrected chi connectivity index (χ4v) is 2.22. The minimum atomic E-state index is -1.30. The van der Waals surface area contributed by atoms with E-state index in [9.17, 15) is 0 Å². The van der Waals surface area contributed by atoms with Gasteiger partial charge in [0.15, 0.2) is 0 Å². The molecule has 3 heteroatoms. The van der Waals surface area contributed by atoms with Crippen molar-refractivity contribution in [2.45, 2.75) is 19.6 Å². The van der Waals surface area contributed by atoms with Crippen LogP contribution in [-0.4, -0.2) is 18.0 Å². The molecule has 0 saturated carbocycles. The minimum absolute atomic E-state index is 1.05. The summed E-state index contributed by atoms with van der Waals surface area (Å²) in [5, 5.41) is 0. The molecular formula is C10H13N2Si. The highest BCUT2D eigenvalue weighted by atomic mass is 28.3. The number of benzene rings is 1. The van der Waals surface area contributed by atoms with Gasteiger partial charge in [-0.15, -0.1) is 0 Å². The Bertz CT molecular complexity index is 393. The average Bonchev–Trinajstić information content (AvgIpc) is 2.45. The number of fused-ring (bicyclic) bond motifs is 1. The Morgan fingerprint density at radius 2 is 2.15 bits per heavy atom. The summed E-state index contributed by atoms with van der Waals surface area (Å²) in [5.41, 5.74) is 3.32. The van der Waals surface area contributed by atoms with Gasteiger partial charge in [-0.3, -0.25) is 0 Å². The maximum Gasteiger partial charge on any atom is 0.123 e. The fourth-order valence-electron chi connectivity index (χ4n) is 1.25. The van der Waals surface area contributed by atoms with E-state index in [-0.39, 0.29) is 0 Å². The molecule has 2 nitrogen and oxygen atoms in total. The summed E-state index contributed by atoms with van der Waals surface area (Å²) in [7, 11) is -1.30. The van der Waals surface area contributed by atoms with Gasteiger partial charge in [-0.05, 0) is 18.2 Å². The highest BCUT2D eigenvalue weighted by molar-refractivity contribution is 6.87. The first-order valence-electron chi connectivity index (χ1n) is 4.44. The smallest absolute Gasteiger partial charge is 0.123 e. The fraction of sp³-hybridized carbons (Fsp3) is 0.300. The Labute approximate surface area is 79.0 Å². The van der Waals surface area contributed by atoms with Crippen LogP contribution in [0.15, 0.2) is 18.2 Å². The largest absolute Gasteiger partial charge is 0.346 e. The third-order valence-electron chi connectivity index (χ3n) is 2.04. The lowest BCUT2D eigenvalue weighted by Crippen LogP contribution is -2.40. The molecule has 0 spiro atoms. The van der Waals surface area contributed by atoms with Crippen LogP contribution in [0.2, 0.25) is 19.6 Å². The number of imidazole rings is 1. The second kappa shape index (κ2) is 2.70. The van der Waals surface area contributed by atoms with E-state index in [1.165, 1.54) is 5.45 Å². The second-order valence-electron chi connectivity index (χ2n) is 4.28. The van der Waals surface area contributed by atoms with Crippen LogP contribution in [0.4, 0.5) is 0 Å². The van der Waals surface area contributed by atoms with Crippen LogP contribution in [0.3, 0.4) is 0 Å². The monoisotopic (exact) mass is 189 g/mol. The highest BCUT2D eigenvalue weighted by Crippen LogP contribution is 2.08. The number of rotatable bonds is 1. The highest BCUT2D eigenvalue weighted by Gasteiger charge is 2.20. The molecule has 1 aromatic heterocycles. The molecule has 1 N–H and O–H groups in total. The summed E-state index contributed by atoms with van der Waals surface area (Å²) in [5.74, 6) is 0. The third-order valence-corrected chi connectivity index (χ3v) is 3.69. The zero-order valence-electron chi connectivity index (χ0n) is 8.18. The Hall–Kier alpha value is -1.09. The van der Waals surface area contributed by atoms with Crippen LogP contribution in [0.25, 0.3) is 11.0 Å². The van der Waals surface area contributed by atoms with Crippen molar-refractivity contribution in [1.29, 1.82) is 0 Å². The number of aromatic nitrogens is 2. The van der Waals surface area contributed by atoms with E-state index < -0.39 is 8.07 Å². The van der Waals surface area contributed by atoms with Gasteiger partial charge in [-0.2, -0.15) is 0 Å². The van der Waals surface area contributed by atoms with Crippen molar-refractivity contribution in [3.05, 3.63) is 24.3 Å². The lowest BCUT2D eigenvalue weighted by molar-refractivity contribution is 1.39. The maximum atomic E-state index is 4.57. The standard InChI is InChI=1S/C10H13N2Si/c1-13(2,3)10-11-8-6-4-5-7-9(8)12-10/h4,6-7H,1-3H3,(H,11,12). The van der Waals surface area contributed by atoms with E-state index in [2.05, 4.69) is 35.7 Å². The van der Waals surface area contributed by atoms with Gasteiger partial charge >= 0.3 is 0 Å². The molecule has 1 radical (unpaired) electrons. The Kier molecular flexibility index (Phi) is 1.77. The molecule has 2 rings (SSSR count). The zero-order chi connectivity index (χ0) is 9.47. The van der Waals surface area contributed by atoms with Crippen LogP contribution in [0.5, 0.6) is 0 Å². The van der Waals surface area contributed by atoms with E-state index in [0.717, 1.165) is 11.0 Å². The molecule has 0 unspecified atom stereocenters. The van der Waals surface area contributed by atoms with Crippen molar-refractivity contribution in [3.8, 4) is 0 Å². The van der Waals surface area contributed by atoms with E-state index in [4.69, 9.17) is 0 Å². The molecule has 0 amide bonds. The number of nitrogens with one attached hydrogen (secondary N) is 1. The number of aromatic amines is 1. The van der Waals surface area contributed by atoms with Gasteiger partial charge in [0.2, 0.25) is 0 Å². The number of H-pyrrole nitrogens is 1. The topological polar surface area (TPSA) is 28.7 Å². The summed E-state index contributed by atoms with van der Waals surface area (Å²) in [6.07, 6.45) is 0. The molecule has 0 aliphatic heterocycles. The normalized spacial score (nSPS) is 12.2. The van der Waals surface area contributed by atoms with Crippen molar-refractivity contribution < 1.29 is 0 Å². The lowest BCUT2D eigenvalue weighted by Gasteiger charge is -2.10. The first kappa shape index (κ1) is 8.50. The van der Waals surface area contributed by atoms with Crippen LogP contribution in [0, 0.1) is 6.07 Å². The summed E-state index contributed by atoms with van der Waals surface area (Å²) in [6.45, 7) is 6.86. The molecule has 0 aliphatic carbocycles. The molecule has 0 atom stereocenters. The molecule has 0 fully saturated rings. The van der Waals surface area contributed by atoms with Crippen LogP contribution in [-0.2, 0) is 0 Å². The van der Waals surface area contributed by atoms with Crippen molar-refractivity contribution in [1.82, 2.24) is 9.97 Å². The van der Waals surface area contributed by atoms with Crippen molar-refractivity contribution in [3.63, 3.8) is 0 Å². The van der Waals surface area contributed by atoms with E-state index in [1.807, 2.05) is 18.2 Å². The Balaban J connectivity index is 2.63. The molecule has 0 aliphatic rings. The molecule has 13 heavy (non-hydrogen) atoms. The SMILES string of the molecule is C[Si](C)(C)c1nc2cc[c]cc2[nH]1. The van der Waals surface area contributed by atoms with Crippen LogP contribution in [0.1, 0.15) is 0 Å². The van der Waals surface area contributed by atoms with E-state index >= 15 is 0 Å². The summed E-state index contributed by atoms with van der Waals surface area (Å²) >= 11 is 0. The predicted molar refractivity (Wildman–Crippen MR) is 57.9 cm³/mol. The number of nitrogens with zero attached hydrogens (tertiary/aromatic N) is 1. The molecule has 1 aromatic carbocycles. The first-order valence-corrected chi connectivity index (χ1v) is 7.94. The van der Waals surface area contributed by atoms with E-state index in [0.29, 0.717) is 0 Å². The quantitative estimate of drug-likeness (QED) is 0.682. The first-order chi connectivity index (χ1) is 6.07.